The second-order valence-electron chi connectivity index (χ2n) is 3.55. The summed E-state index contributed by atoms with van der Waals surface area (Å²) in [5.41, 5.74) is 6.31. The molecule has 0 atom stereocenters. The van der Waals surface area contributed by atoms with Gasteiger partial charge in [0.15, 0.2) is 0 Å². The van der Waals surface area contributed by atoms with Crippen LogP contribution in [-0.4, -0.2) is 15.0 Å². The number of anilines is 1. The van der Waals surface area contributed by atoms with Gasteiger partial charge in [0.2, 0.25) is 0 Å². The van der Waals surface area contributed by atoms with Gasteiger partial charge in [0, 0.05) is 11.1 Å². The summed E-state index contributed by atoms with van der Waals surface area (Å²) in [7, 11) is 0. The molecule has 5 heteroatoms. The Labute approximate surface area is 92.2 Å². The van der Waals surface area contributed by atoms with Crippen LogP contribution in [0, 0.1) is 0 Å². The van der Waals surface area contributed by atoms with Gasteiger partial charge in [0.25, 0.3) is 0 Å². The lowest BCUT2D eigenvalue weighted by molar-refractivity contribution is 0.885. The average molecular weight is 220 g/mol. The molecule has 0 amide bonds. The van der Waals surface area contributed by atoms with E-state index in [9.17, 15) is 0 Å². The van der Waals surface area contributed by atoms with Crippen LogP contribution in [0.2, 0.25) is 0 Å². The highest BCUT2D eigenvalue weighted by molar-refractivity contribution is 7.15. The Morgan fingerprint density at radius 1 is 1.27 bits per heavy atom. The van der Waals surface area contributed by atoms with Gasteiger partial charge in [-0.15, -0.1) is 11.3 Å². The van der Waals surface area contributed by atoms with E-state index in [0.717, 1.165) is 10.7 Å². The first-order valence-corrected chi connectivity index (χ1v) is 5.52. The summed E-state index contributed by atoms with van der Waals surface area (Å²) in [5, 5.41) is 0.874. The molecule has 0 radical (unpaired) electrons. The third kappa shape index (κ3) is 2.12. The van der Waals surface area contributed by atoms with E-state index in [2.05, 4.69) is 28.8 Å². The molecule has 0 unspecified atom stereocenters. The number of thiazole rings is 1. The van der Waals surface area contributed by atoms with E-state index in [4.69, 9.17) is 5.73 Å². The number of hydrogen-bond donors (Lipinski definition) is 1. The standard InChI is InChI=1S/C10H12N4S/c1-6(2)8-4-13-10(15-8)7-3-12-5-9(11)14-7/h3-6H,1-2H3,(H2,11,14). The van der Waals surface area contributed by atoms with Crippen molar-refractivity contribution in [2.24, 2.45) is 0 Å². The summed E-state index contributed by atoms with van der Waals surface area (Å²) < 4.78 is 0. The quantitative estimate of drug-likeness (QED) is 0.843. The summed E-state index contributed by atoms with van der Waals surface area (Å²) in [6.07, 6.45) is 5.09. The van der Waals surface area contributed by atoms with Crippen molar-refractivity contribution in [3.63, 3.8) is 0 Å². The number of nitrogens with zero attached hydrogens (tertiary/aromatic N) is 3. The number of nitrogen functional groups attached to an aromatic ring is 1. The summed E-state index contributed by atoms with van der Waals surface area (Å²) in [5.74, 6) is 0.916. The maximum Gasteiger partial charge on any atom is 0.143 e. The molecule has 0 aliphatic rings. The summed E-state index contributed by atoms with van der Waals surface area (Å²) in [6, 6.07) is 0. The lowest BCUT2D eigenvalue weighted by Crippen LogP contribution is -1.92. The number of nitrogens with two attached hydrogens (primary N) is 1. The Kier molecular flexibility index (Phi) is 2.64. The van der Waals surface area contributed by atoms with Gasteiger partial charge in [0.1, 0.15) is 16.5 Å². The lowest BCUT2D eigenvalue weighted by atomic mass is 10.2. The van der Waals surface area contributed by atoms with Crippen LogP contribution in [0.15, 0.2) is 18.6 Å². The fourth-order valence-corrected chi connectivity index (χ4v) is 2.03. The molecule has 15 heavy (non-hydrogen) atoms. The van der Waals surface area contributed by atoms with E-state index in [1.54, 1.807) is 17.5 Å². The van der Waals surface area contributed by atoms with E-state index >= 15 is 0 Å². The van der Waals surface area contributed by atoms with E-state index < -0.39 is 0 Å². The van der Waals surface area contributed by atoms with E-state index in [1.165, 1.54) is 11.1 Å². The first-order valence-electron chi connectivity index (χ1n) is 4.70. The molecule has 0 bridgehead atoms. The Hall–Kier alpha value is -1.49. The van der Waals surface area contributed by atoms with Crippen LogP contribution in [-0.2, 0) is 0 Å². The van der Waals surface area contributed by atoms with Gasteiger partial charge in [-0.05, 0) is 5.92 Å². The first-order chi connectivity index (χ1) is 7.16. The second kappa shape index (κ2) is 3.94. The Morgan fingerprint density at radius 3 is 2.67 bits per heavy atom. The number of hydrogen-bond acceptors (Lipinski definition) is 5. The molecular weight excluding hydrogens is 208 g/mol. The van der Waals surface area contributed by atoms with Gasteiger partial charge < -0.3 is 5.73 Å². The van der Waals surface area contributed by atoms with Crippen LogP contribution in [0.1, 0.15) is 24.6 Å². The van der Waals surface area contributed by atoms with Gasteiger partial charge in [-0.2, -0.15) is 0 Å². The van der Waals surface area contributed by atoms with Crippen molar-refractivity contribution < 1.29 is 0 Å². The van der Waals surface area contributed by atoms with Crippen LogP contribution >= 0.6 is 11.3 Å². The Bertz CT molecular complexity index is 464. The van der Waals surface area contributed by atoms with Gasteiger partial charge in [-0.25, -0.2) is 9.97 Å². The molecule has 0 fully saturated rings. The smallest absolute Gasteiger partial charge is 0.143 e. The van der Waals surface area contributed by atoms with Crippen LogP contribution < -0.4 is 5.73 Å². The van der Waals surface area contributed by atoms with E-state index in [-0.39, 0.29) is 0 Å². The maximum atomic E-state index is 5.57. The van der Waals surface area contributed by atoms with Crippen LogP contribution in [0.3, 0.4) is 0 Å². The molecule has 2 heterocycles. The zero-order chi connectivity index (χ0) is 10.8. The van der Waals surface area contributed by atoms with E-state index in [0.29, 0.717) is 11.7 Å². The molecule has 0 saturated heterocycles. The fraction of sp³-hybridized carbons (Fsp3) is 0.300. The summed E-state index contributed by atoms with van der Waals surface area (Å²) in [4.78, 5) is 13.7. The Morgan fingerprint density at radius 2 is 2.07 bits per heavy atom. The molecule has 0 aliphatic heterocycles. The largest absolute Gasteiger partial charge is 0.382 e. The highest BCUT2D eigenvalue weighted by Gasteiger charge is 2.08. The molecular formula is C10H12N4S. The number of aromatic nitrogens is 3. The predicted molar refractivity (Wildman–Crippen MR) is 61.6 cm³/mol. The van der Waals surface area contributed by atoms with Gasteiger partial charge >= 0.3 is 0 Å². The molecule has 2 aromatic heterocycles. The SMILES string of the molecule is CC(C)c1cnc(-c2cncc(N)n2)s1. The van der Waals surface area contributed by atoms with Gasteiger partial charge in [-0.1, -0.05) is 13.8 Å². The summed E-state index contributed by atoms with van der Waals surface area (Å²) in [6.45, 7) is 4.28. The van der Waals surface area contributed by atoms with Crippen LogP contribution in [0.25, 0.3) is 10.7 Å². The second-order valence-corrected chi connectivity index (χ2v) is 4.61. The molecule has 78 valence electrons. The molecule has 0 spiro atoms. The molecule has 2 N–H and O–H groups in total. The molecule has 0 aliphatic carbocycles. The normalized spacial score (nSPS) is 10.9. The van der Waals surface area contributed by atoms with Crippen LogP contribution in [0.5, 0.6) is 0 Å². The van der Waals surface area contributed by atoms with Gasteiger partial charge in [0.05, 0.1) is 12.4 Å². The fourth-order valence-electron chi connectivity index (χ4n) is 1.16. The zero-order valence-electron chi connectivity index (χ0n) is 8.64. The van der Waals surface area contributed by atoms with Crippen molar-refractivity contribution in [3.8, 4) is 10.7 Å². The maximum absolute atomic E-state index is 5.57. The molecule has 4 nitrogen and oxygen atoms in total. The van der Waals surface area contributed by atoms with Gasteiger partial charge in [-0.3, -0.25) is 4.98 Å². The molecule has 2 rings (SSSR count). The summed E-state index contributed by atoms with van der Waals surface area (Å²) >= 11 is 1.63. The highest BCUT2D eigenvalue weighted by Crippen LogP contribution is 2.27. The van der Waals surface area contributed by atoms with Crippen molar-refractivity contribution >= 4 is 17.2 Å². The van der Waals surface area contributed by atoms with E-state index in [1.807, 2.05) is 6.20 Å². The predicted octanol–water partition coefficient (Wildman–Crippen LogP) is 2.31. The highest BCUT2D eigenvalue weighted by atomic mass is 32.1. The monoisotopic (exact) mass is 220 g/mol. The van der Waals surface area contributed by atoms with Crippen molar-refractivity contribution in [1.29, 1.82) is 0 Å². The minimum absolute atomic E-state index is 0.425. The molecule has 0 saturated carbocycles. The third-order valence-corrected chi connectivity index (χ3v) is 3.29. The third-order valence-electron chi connectivity index (χ3n) is 1.96. The minimum atomic E-state index is 0.425. The van der Waals surface area contributed by atoms with Crippen molar-refractivity contribution in [2.45, 2.75) is 19.8 Å². The lowest BCUT2D eigenvalue weighted by Gasteiger charge is -1.97. The molecule has 2 aromatic rings. The number of rotatable bonds is 2. The molecule has 0 aromatic carbocycles. The van der Waals surface area contributed by atoms with Crippen LogP contribution in [0.4, 0.5) is 5.82 Å². The minimum Gasteiger partial charge on any atom is -0.382 e. The van der Waals surface area contributed by atoms with Crippen molar-refractivity contribution in [1.82, 2.24) is 15.0 Å². The first kappa shape index (κ1) is 10.0. The average Bonchev–Trinajstić information content (AvgIpc) is 2.66. The van der Waals surface area contributed by atoms with Crippen molar-refractivity contribution in [3.05, 3.63) is 23.5 Å². The Balaban J connectivity index is 2.37. The zero-order valence-corrected chi connectivity index (χ0v) is 9.45. The van der Waals surface area contributed by atoms with Crippen molar-refractivity contribution in [2.75, 3.05) is 5.73 Å². The topological polar surface area (TPSA) is 64.7 Å².